The minimum absolute atomic E-state index is 0.0681. The second-order valence-electron chi connectivity index (χ2n) is 21.9. The second-order valence-corrected chi connectivity index (χ2v) is 29.2. The third-order valence-corrected chi connectivity index (χ3v) is 21.0. The van der Waals surface area contributed by atoms with E-state index in [4.69, 9.17) is 55.9 Å². The molecule has 2 saturated carbocycles. The number of ether oxygens (including phenoxy) is 2. The van der Waals surface area contributed by atoms with Crippen LogP contribution in [-0.4, -0.2) is 83.7 Å². The van der Waals surface area contributed by atoms with Gasteiger partial charge in [-0.2, -0.15) is 10.5 Å². The van der Waals surface area contributed by atoms with E-state index in [-0.39, 0.29) is 58.0 Å². The zero-order valence-electron chi connectivity index (χ0n) is 43.5. The van der Waals surface area contributed by atoms with Crippen molar-refractivity contribution in [3.8, 4) is 12.1 Å². The van der Waals surface area contributed by atoms with E-state index in [9.17, 15) is 36.9 Å². The summed E-state index contributed by atoms with van der Waals surface area (Å²) in [5.74, 6) is -0.669. The summed E-state index contributed by atoms with van der Waals surface area (Å²) in [7, 11) is -7.10. The maximum atomic E-state index is 14.1. The zero-order valence-corrected chi connectivity index (χ0v) is 48.1. The molecule has 2 amide bonds. The van der Waals surface area contributed by atoms with Crippen molar-refractivity contribution in [2.75, 3.05) is 11.5 Å². The lowest BCUT2D eigenvalue weighted by atomic mass is 9.89. The molecule has 4 fully saturated rings. The number of carbonyl (C=O) groups excluding carboxylic acids is 2. The first-order chi connectivity index (χ1) is 35.7. The highest BCUT2D eigenvalue weighted by molar-refractivity contribution is 7.93. The lowest BCUT2D eigenvalue weighted by Crippen LogP contribution is -2.57. The molecule has 8 atom stereocenters. The van der Waals surface area contributed by atoms with Crippen molar-refractivity contribution < 1.29 is 35.9 Å². The lowest BCUT2D eigenvalue weighted by Gasteiger charge is -2.48. The molecule has 0 unspecified atom stereocenters. The third kappa shape index (κ3) is 13.0. The predicted molar refractivity (Wildman–Crippen MR) is 299 cm³/mol. The molecule has 0 spiro atoms. The number of hydrogen-bond acceptors (Lipinski definition) is 10. The van der Waals surface area contributed by atoms with E-state index in [1.54, 1.807) is 124 Å². The zero-order chi connectivity index (χ0) is 55.7. The van der Waals surface area contributed by atoms with Gasteiger partial charge in [-0.1, -0.05) is 95.0 Å². The van der Waals surface area contributed by atoms with E-state index in [1.807, 2.05) is 24.3 Å². The molecule has 0 N–H and O–H groups in total. The lowest BCUT2D eigenvalue weighted by molar-refractivity contribution is -0.179. The van der Waals surface area contributed by atoms with Crippen LogP contribution in [0.4, 0.5) is 0 Å². The number of carbonyl (C=O) groups is 2. The number of amides is 2. The Morgan fingerprint density at radius 1 is 0.579 bits per heavy atom. The predicted octanol–water partition coefficient (Wildman–Crippen LogP) is 12.9. The van der Waals surface area contributed by atoms with Crippen LogP contribution in [0.5, 0.6) is 0 Å². The second kappa shape index (κ2) is 23.7. The molecule has 0 bridgehead atoms. The van der Waals surface area contributed by atoms with Crippen LogP contribution in [-0.2, 0) is 38.7 Å². The van der Waals surface area contributed by atoms with Crippen molar-refractivity contribution in [2.45, 2.75) is 138 Å². The summed E-state index contributed by atoms with van der Waals surface area (Å²) in [6.45, 7) is 17.7. The Kier molecular flexibility index (Phi) is 18.4. The fraction of sp³-hybridized carbons (Fsp3) is 0.448. The van der Waals surface area contributed by atoms with Crippen molar-refractivity contribution in [3.63, 3.8) is 0 Å². The third-order valence-electron chi connectivity index (χ3n) is 14.6. The van der Waals surface area contributed by atoms with Crippen LogP contribution in [0.3, 0.4) is 0 Å². The normalized spacial score (nSPS) is 23.1. The number of morpholine rings is 2. The standard InChI is InChI=1S/2C29H32Cl2N2O4S/c2*1-5-6-25-28(34)33(24(18-7-8-18)17-38(35,36)29(2,3)4)26(19-11-13-22(30)14-12-19)27(37-25)20-9-10-21(16-32)23(31)15-20/h2*5,9-15,18,24-27H,1,6-8,17H2,2-4H3/t24-,25+,26-,27-;24-,25-,26-,27-/m11/s1. The van der Waals surface area contributed by atoms with Crippen molar-refractivity contribution >= 4 is 77.9 Å². The molecular formula is C58H64Cl4N4O8S2. The van der Waals surface area contributed by atoms with Crippen molar-refractivity contribution in [3.05, 3.63) is 164 Å². The van der Waals surface area contributed by atoms with Gasteiger partial charge in [-0.05, 0) is 150 Å². The Morgan fingerprint density at radius 3 is 1.16 bits per heavy atom. The smallest absolute Gasteiger partial charge is 0.252 e. The van der Waals surface area contributed by atoms with Crippen LogP contribution >= 0.6 is 46.4 Å². The van der Waals surface area contributed by atoms with Crippen LogP contribution in [0.15, 0.2) is 110 Å². The Bertz CT molecular complexity index is 2930. The molecule has 2 saturated heterocycles. The molecule has 76 heavy (non-hydrogen) atoms. The van der Waals surface area contributed by atoms with Crippen LogP contribution in [0, 0.1) is 34.5 Å². The molecule has 18 heteroatoms. The SMILES string of the molecule is C=CC[C@@H]1O[C@H](c2ccc(C#N)c(Cl)c2)[C@@H](c2ccc(Cl)cc2)N([C@H](CS(=O)(=O)C(C)(C)C)C2CC2)C1=O.C=CC[C@H]1O[C@H](c2ccc(C#N)c(Cl)c2)[C@@H](c2ccc(Cl)cc2)N([C@H](CS(=O)(=O)C(C)(C)C)C2CC2)C1=O. The largest absolute Gasteiger partial charge is 0.358 e. The molecule has 8 rings (SSSR count). The average molecular weight is 1150 g/mol. The Morgan fingerprint density at radius 2 is 0.895 bits per heavy atom. The minimum atomic E-state index is -3.55. The summed E-state index contributed by atoms with van der Waals surface area (Å²) in [6, 6.07) is 26.3. The van der Waals surface area contributed by atoms with E-state index in [1.165, 1.54) is 0 Å². The quantitative estimate of drug-likeness (QED) is 0.0982. The topological polar surface area (TPSA) is 175 Å². The Balaban J connectivity index is 0.000000221. The average Bonchev–Trinajstić information content (AvgIpc) is 4.30. The van der Waals surface area contributed by atoms with Gasteiger partial charge in [0.1, 0.15) is 36.6 Å². The van der Waals surface area contributed by atoms with Gasteiger partial charge < -0.3 is 19.3 Å². The number of nitriles is 2. The van der Waals surface area contributed by atoms with Gasteiger partial charge in [0.25, 0.3) is 11.8 Å². The Hall–Kier alpha value is -4.74. The fourth-order valence-electron chi connectivity index (χ4n) is 9.78. The van der Waals surface area contributed by atoms with Gasteiger partial charge in [0.2, 0.25) is 0 Å². The summed E-state index contributed by atoms with van der Waals surface area (Å²) in [5.41, 5.74) is 3.57. The highest BCUT2D eigenvalue weighted by atomic mass is 35.5. The highest BCUT2D eigenvalue weighted by Crippen LogP contribution is 2.51. The monoisotopic (exact) mass is 1150 g/mol. The van der Waals surface area contributed by atoms with Crippen molar-refractivity contribution in [1.29, 1.82) is 10.5 Å². The molecule has 2 aliphatic heterocycles. The summed E-state index contributed by atoms with van der Waals surface area (Å²) < 4.78 is 64.8. The van der Waals surface area contributed by atoms with Crippen LogP contribution < -0.4 is 0 Å². The van der Waals surface area contributed by atoms with Gasteiger partial charge in [-0.25, -0.2) is 16.8 Å². The van der Waals surface area contributed by atoms with Crippen LogP contribution in [0.25, 0.3) is 0 Å². The first-order valence-corrected chi connectivity index (χ1v) is 30.1. The number of hydrogen-bond donors (Lipinski definition) is 0. The summed E-state index contributed by atoms with van der Waals surface area (Å²) >= 11 is 25.2. The van der Waals surface area contributed by atoms with Crippen molar-refractivity contribution in [2.24, 2.45) is 11.8 Å². The van der Waals surface area contributed by atoms with E-state index >= 15 is 0 Å². The molecule has 2 aliphatic carbocycles. The van der Waals surface area contributed by atoms with Crippen LogP contribution in [0.1, 0.15) is 138 Å². The van der Waals surface area contributed by atoms with Crippen molar-refractivity contribution in [1.82, 2.24) is 9.80 Å². The maximum Gasteiger partial charge on any atom is 0.252 e. The van der Waals surface area contributed by atoms with E-state index in [0.717, 1.165) is 36.8 Å². The minimum Gasteiger partial charge on any atom is -0.358 e. The molecule has 12 nitrogen and oxygen atoms in total. The van der Waals surface area contributed by atoms with Gasteiger partial charge in [0.15, 0.2) is 19.7 Å². The molecule has 404 valence electrons. The van der Waals surface area contributed by atoms with E-state index < -0.39 is 77.8 Å². The van der Waals surface area contributed by atoms with Gasteiger partial charge in [-0.15, -0.1) is 13.2 Å². The Labute approximate surface area is 468 Å². The number of sulfone groups is 2. The van der Waals surface area contributed by atoms with Gasteiger partial charge in [0.05, 0.1) is 54.3 Å². The highest BCUT2D eigenvalue weighted by Gasteiger charge is 2.54. The fourth-order valence-corrected chi connectivity index (χ4v) is 13.3. The van der Waals surface area contributed by atoms with E-state index in [2.05, 4.69) is 25.3 Å². The van der Waals surface area contributed by atoms with Gasteiger partial charge in [-0.3, -0.25) is 9.59 Å². The molecular weight excluding hydrogens is 1090 g/mol. The molecule has 2 heterocycles. The number of halogens is 4. The van der Waals surface area contributed by atoms with E-state index in [0.29, 0.717) is 32.3 Å². The number of rotatable bonds is 16. The summed E-state index contributed by atoms with van der Waals surface area (Å²) in [5, 5.41) is 20.4. The number of nitrogens with zero attached hydrogens (tertiary/aromatic N) is 4. The van der Waals surface area contributed by atoms with Gasteiger partial charge >= 0.3 is 0 Å². The summed E-state index contributed by atoms with van der Waals surface area (Å²) in [4.78, 5) is 31.7. The molecule has 0 aromatic heterocycles. The maximum absolute atomic E-state index is 14.1. The summed E-state index contributed by atoms with van der Waals surface area (Å²) in [6.07, 6.45) is 4.19. The molecule has 4 aromatic rings. The molecule has 4 aromatic carbocycles. The van der Waals surface area contributed by atoms with Gasteiger partial charge in [0, 0.05) is 35.0 Å². The van der Waals surface area contributed by atoms with Crippen LogP contribution in [0.2, 0.25) is 20.1 Å². The first kappa shape index (κ1) is 58.9. The molecule has 4 aliphatic rings. The molecule has 0 radical (unpaired) electrons. The number of benzene rings is 4. The first-order valence-electron chi connectivity index (χ1n) is 25.3.